The normalized spacial score (nSPS) is 25.0. The number of nitrogens with two attached hydrogens (primary N) is 5. The fourth-order valence-electron chi connectivity index (χ4n) is 15.6. The molecule has 0 fully saturated rings. The van der Waals surface area contributed by atoms with Crippen LogP contribution in [0.4, 0.5) is 0 Å². The molecule has 0 unspecified atom stereocenters. The van der Waals surface area contributed by atoms with Gasteiger partial charge in [-0.25, -0.2) is 0 Å². The van der Waals surface area contributed by atoms with Crippen molar-refractivity contribution in [3.05, 3.63) is 29.8 Å². The fourth-order valence-corrected chi connectivity index (χ4v) is 16.4. The monoisotopic (exact) mass is 2100 g/mol. The minimum Gasteiger partial charge on any atom is -0.493 e. The molecule has 3 rings (SSSR count). The van der Waals surface area contributed by atoms with Crippen molar-refractivity contribution in [2.45, 2.75) is 343 Å². The van der Waals surface area contributed by atoms with E-state index in [-0.39, 0.29) is 158 Å². The summed E-state index contributed by atoms with van der Waals surface area (Å²) in [5.41, 5.74) is 29.7. The number of carboxylic acid groups (broad SMARTS) is 1. The van der Waals surface area contributed by atoms with Gasteiger partial charge in [-0.15, -0.1) is 0 Å². The van der Waals surface area contributed by atoms with Gasteiger partial charge in [0.25, 0.3) is 0 Å². The second-order valence-corrected chi connectivity index (χ2v) is 40.8. The maximum atomic E-state index is 14.9. The molecule has 1 aromatic rings. The number of guanidine groups is 2. The molecule has 0 saturated heterocycles. The molecule has 48 nitrogen and oxygen atoms in total. The number of primary amides is 1. The Labute approximate surface area is 867 Å². The lowest BCUT2D eigenvalue weighted by Crippen LogP contribution is -2.63. The van der Waals surface area contributed by atoms with Gasteiger partial charge >= 0.3 is 5.97 Å². The topological polar surface area (TPSA) is 780 Å². The van der Waals surface area contributed by atoms with Crippen LogP contribution in [0.15, 0.2) is 24.3 Å². The van der Waals surface area contributed by atoms with Crippen molar-refractivity contribution in [3.63, 3.8) is 0 Å². The maximum Gasteiger partial charge on any atom is 0.322 e. The molecule has 2 aliphatic heterocycles. The Morgan fingerprint density at radius 3 is 1.08 bits per heavy atom. The van der Waals surface area contributed by atoms with Crippen molar-refractivity contribution in [1.29, 1.82) is 10.8 Å². The molecule has 1 aromatic carbocycles. The van der Waals surface area contributed by atoms with Crippen molar-refractivity contribution in [1.82, 2.24) is 101 Å². The number of aliphatic hydroxyl groups is 1. The summed E-state index contributed by atoms with van der Waals surface area (Å²) in [5.74, 6) is -22.4. The third kappa shape index (κ3) is 49.9. The number of ether oxygens (including phenoxy) is 1. The number of carbonyl (C=O) groups excluding carboxylic acids is 18. The molecule has 147 heavy (non-hydrogen) atoms. The number of carbonyl (C=O) groups is 19. The minimum absolute atomic E-state index is 0.000295. The van der Waals surface area contributed by atoms with Gasteiger partial charge in [0.15, 0.2) is 11.9 Å². The second-order valence-electron chi connectivity index (χ2n) is 39.7. The Morgan fingerprint density at radius 2 is 0.728 bits per heavy atom. The van der Waals surface area contributed by atoms with Crippen molar-refractivity contribution >= 4 is 136 Å². The summed E-state index contributed by atoms with van der Waals surface area (Å²) in [6, 6.07) is -16.5. The summed E-state index contributed by atoms with van der Waals surface area (Å²) >= 11 is 1.15. The number of rotatable bonds is 37. The zero-order valence-electron chi connectivity index (χ0n) is 88.9. The summed E-state index contributed by atoms with van der Waals surface area (Å²) in [6.07, 6.45) is 0.768. The van der Waals surface area contributed by atoms with Crippen molar-refractivity contribution < 1.29 is 106 Å². The molecule has 21 atom stereocenters. The van der Waals surface area contributed by atoms with Crippen LogP contribution in [-0.2, 0) is 97.5 Å². The zero-order chi connectivity index (χ0) is 111. The Morgan fingerprint density at radius 1 is 0.408 bits per heavy atom. The van der Waals surface area contributed by atoms with E-state index in [0.29, 0.717) is 30.6 Å². The van der Waals surface area contributed by atoms with Crippen LogP contribution in [0, 0.1) is 64.1 Å². The van der Waals surface area contributed by atoms with Crippen LogP contribution in [0.1, 0.15) is 246 Å². The van der Waals surface area contributed by atoms with Crippen LogP contribution in [0.25, 0.3) is 0 Å². The summed E-state index contributed by atoms with van der Waals surface area (Å²) in [4.78, 5) is 272. The highest BCUT2D eigenvalue weighted by molar-refractivity contribution is 7.99. The van der Waals surface area contributed by atoms with E-state index in [1.807, 2.05) is 0 Å². The predicted octanol–water partition coefficient (Wildman–Crippen LogP) is -2.40. The number of carboxylic acids is 1. The molecule has 2 heterocycles. The molecular weight excluding hydrogens is 1930 g/mol. The third-order valence-electron chi connectivity index (χ3n) is 25.3. The van der Waals surface area contributed by atoms with Gasteiger partial charge in [-0.05, 0) is 161 Å². The summed E-state index contributed by atoms with van der Waals surface area (Å²) in [6.45, 7) is 28.6. The van der Waals surface area contributed by atoms with Crippen LogP contribution in [0.3, 0.4) is 0 Å². The van der Waals surface area contributed by atoms with Gasteiger partial charge in [0.05, 0.1) is 25.8 Å². The number of benzene rings is 1. The van der Waals surface area contributed by atoms with Gasteiger partial charge in [0.1, 0.15) is 103 Å². The van der Waals surface area contributed by atoms with E-state index in [0.717, 1.165) is 11.8 Å². The number of unbranched alkanes of at least 4 members (excludes halogenated alkanes) is 1. The summed E-state index contributed by atoms with van der Waals surface area (Å²) < 4.78 is 6.02. The second kappa shape index (κ2) is 69.0. The summed E-state index contributed by atoms with van der Waals surface area (Å²) in [7, 11) is 0. The average Bonchev–Trinajstić information content (AvgIpc) is 0.829. The number of amides is 18. The number of thioether (sulfide) groups is 1. The van der Waals surface area contributed by atoms with Gasteiger partial charge in [0.2, 0.25) is 106 Å². The lowest BCUT2D eigenvalue weighted by molar-refractivity contribution is -0.138. The van der Waals surface area contributed by atoms with Gasteiger partial charge in [-0.2, -0.15) is 11.8 Å². The van der Waals surface area contributed by atoms with Crippen LogP contribution >= 0.6 is 11.8 Å². The predicted molar refractivity (Wildman–Crippen MR) is 555 cm³/mol. The third-order valence-corrected chi connectivity index (χ3v) is 26.3. The van der Waals surface area contributed by atoms with E-state index in [4.69, 9.17) is 44.2 Å². The molecule has 18 amide bonds. The van der Waals surface area contributed by atoms with Crippen LogP contribution in [0.2, 0.25) is 0 Å². The molecule has 2 aliphatic rings. The molecule has 2 bridgehead atoms. The molecule has 0 saturated carbocycles. The highest BCUT2D eigenvalue weighted by Crippen LogP contribution is 2.23. The number of nitrogens with one attached hydrogen (secondary N) is 21. The lowest BCUT2D eigenvalue weighted by Gasteiger charge is -2.32. The van der Waals surface area contributed by atoms with E-state index in [1.54, 1.807) is 149 Å². The first-order valence-electron chi connectivity index (χ1n) is 51.3. The smallest absolute Gasteiger partial charge is 0.322 e. The van der Waals surface area contributed by atoms with E-state index < -0.39 is 277 Å². The zero-order valence-corrected chi connectivity index (χ0v) is 89.7. The van der Waals surface area contributed by atoms with Crippen LogP contribution in [0.5, 0.6) is 5.75 Å². The van der Waals surface area contributed by atoms with Crippen molar-refractivity contribution in [3.8, 4) is 5.75 Å². The first kappa shape index (κ1) is 131. The van der Waals surface area contributed by atoms with Gasteiger partial charge in [-0.3, -0.25) is 102 Å². The Kier molecular flexibility index (Phi) is 61.4. The molecule has 0 aromatic heterocycles. The van der Waals surface area contributed by atoms with Gasteiger partial charge in [0, 0.05) is 31.0 Å². The molecular formula is C98H172N26O22S. The number of hydrogen-bond acceptors (Lipinski definition) is 26. The van der Waals surface area contributed by atoms with Crippen molar-refractivity contribution in [2.75, 3.05) is 57.4 Å². The SMILES string of the molecule is CC[C@H](C)[C@@H]1NC(=O)[C@H](CC(C)C)NC(=O)[C@H]([C@@H](C)CC)NC(=O)[C@H](CC(C)C)NC(=O)[C@H](CCCNC(=N)N)NC(=O)[C@H](CCCNC(=N)N)NC(=O)CNC(=O)[C@H](CO)NC(=O)[C@H](CC(C)C)NC(=O)[C@H]([C@@H](C)CC)NC(=O)[C@H]([C@@H](C)CC)NC(=O)[C@H]([C@@H](C)CC)NC(=O)[C@H](CC(C)C)NC(=O)[C@H](CCC(N)=O)NC(=O)[C@H](CCCCN)NC(=O)[C@H](N)Cc2ccc(cc2)OCCSC[C@@H](C(=O)NCC(=O)O)NC1=O. The van der Waals surface area contributed by atoms with Gasteiger partial charge in [-0.1, -0.05) is 169 Å². The fraction of sp³-hybridized carbons (Fsp3) is 0.724. The Bertz CT molecular complexity index is 4460. The quantitative estimate of drug-likeness (QED) is 0.0143. The molecule has 0 spiro atoms. The molecule has 0 aliphatic carbocycles. The summed E-state index contributed by atoms with van der Waals surface area (Å²) in [5, 5.41) is 86.1. The molecule has 0 radical (unpaired) electrons. The van der Waals surface area contributed by atoms with Crippen LogP contribution in [-0.4, -0.2) is 289 Å². The van der Waals surface area contributed by atoms with E-state index in [9.17, 15) is 101 Å². The molecule has 832 valence electrons. The first-order valence-corrected chi connectivity index (χ1v) is 52.5. The number of aliphatic carboxylic acids is 1. The number of aliphatic hydroxyl groups excluding tert-OH is 1. The number of hydrogen-bond donors (Lipinski definition) is 28. The Balaban J connectivity index is 2.99. The molecule has 33 N–H and O–H groups in total. The maximum absolute atomic E-state index is 14.9. The first-order chi connectivity index (χ1) is 69.2. The standard InChI is InChI=1S/C98H172N26O22S/c1-19-55(14)76-92(141)117-70(45-54(12)13)91(140)121-77(56(15)20-2)94(143)119-72(83(132)109-48-75(128)129)50-147-41-40-146-61-33-31-60(32-34-61)46-62(100)81(130)111-64(28-24-25-37-99)85(134)113-66(35-36-73(101)126)87(136)115-69(44-53(10)11)90(139)122-79(58(17)22-4)95(144)124-80(59(18)23-5)96(145)123-78(57(16)21-3)93(142)116-67(42-51(6)7)88(137)118-71(49-125)82(131)108-47-74(127)110-63(29-26-38-106-97(102)103)84(133)112-65(30-27-39-107-98(104)105)86(135)114-68(43-52(8)9)89(138)120-76/h31-34,51-59,62-72,76-80,125H,19-30,35-50,99-100H2,1-18H3,(H2,101,126)(H,108,131)(H,109,132)(H,110,127)(H,111,130)(H,112,133)(H,113,134)(H,114,135)(H,115,136)(H,116,142)(H,117,141)(H,118,137)(H,119,143)(H,120,138)(H,121,140)(H,122,139)(H,123,145)(H,124,144)(H,128,129)(H4,102,103,106)(H4,104,105,107)/t55-,56-,57-,58-,59-,62+,63-,64-,65-,66-,67-,68-,69-,70-,71-,72-,76-,77-,78-,79-,80-/m0/s1. The molecule has 49 heteroatoms. The average molecular weight is 2100 g/mol. The van der Waals surface area contributed by atoms with Gasteiger partial charge < -0.3 is 145 Å². The highest BCUT2D eigenvalue weighted by atomic mass is 32.2. The lowest BCUT2D eigenvalue weighted by atomic mass is 9.93. The Hall–Kier alpha value is -12.3. The van der Waals surface area contributed by atoms with E-state index in [2.05, 4.69) is 101 Å². The van der Waals surface area contributed by atoms with E-state index in [1.165, 1.54) is 0 Å². The van der Waals surface area contributed by atoms with Crippen LogP contribution < -0.4 is 134 Å². The van der Waals surface area contributed by atoms with Crippen molar-refractivity contribution in [2.24, 2.45) is 81.9 Å². The largest absolute Gasteiger partial charge is 0.493 e. The van der Waals surface area contributed by atoms with E-state index >= 15 is 0 Å². The number of fused-ring (bicyclic) bond motifs is 56. The highest BCUT2D eigenvalue weighted by Gasteiger charge is 2.43. The minimum atomic E-state index is -1.80.